The van der Waals surface area contributed by atoms with Gasteiger partial charge in [0.05, 0.1) is 17.4 Å². The van der Waals surface area contributed by atoms with Crippen LogP contribution in [0.5, 0.6) is 0 Å². The Morgan fingerprint density at radius 1 is 1.10 bits per heavy atom. The fourth-order valence-corrected chi connectivity index (χ4v) is 3.90. The molecule has 2 heterocycles. The summed E-state index contributed by atoms with van der Waals surface area (Å²) in [6.07, 6.45) is 4.51. The number of rotatable bonds is 6. The Balaban J connectivity index is 1.38. The first-order valence-electron chi connectivity index (χ1n) is 9.40. The molecule has 0 atom stereocenters. The van der Waals surface area contributed by atoms with Crippen LogP contribution < -0.4 is 5.32 Å². The minimum absolute atomic E-state index is 0.0488. The molecule has 31 heavy (non-hydrogen) atoms. The van der Waals surface area contributed by atoms with Gasteiger partial charge in [0.15, 0.2) is 0 Å². The van der Waals surface area contributed by atoms with E-state index in [2.05, 4.69) is 10.3 Å². The fourth-order valence-electron chi connectivity index (χ4n) is 3.04. The fraction of sp³-hybridized carbons (Fsp3) is 0.0909. The zero-order valence-electron chi connectivity index (χ0n) is 16.2. The average Bonchev–Trinajstić information content (AvgIpc) is 3.36. The van der Waals surface area contributed by atoms with E-state index in [4.69, 9.17) is 0 Å². The van der Waals surface area contributed by atoms with E-state index in [0.717, 1.165) is 22.2 Å². The molecule has 1 aliphatic heterocycles. The molecule has 1 fully saturated rings. The Labute approximate surface area is 181 Å². The summed E-state index contributed by atoms with van der Waals surface area (Å²) >= 11 is 0.875. The summed E-state index contributed by atoms with van der Waals surface area (Å²) in [6, 6.07) is 14.9. The third kappa shape index (κ3) is 4.56. The van der Waals surface area contributed by atoms with Gasteiger partial charge in [0.1, 0.15) is 11.5 Å². The van der Waals surface area contributed by atoms with E-state index in [1.54, 1.807) is 6.08 Å². The van der Waals surface area contributed by atoms with Gasteiger partial charge in [0.25, 0.3) is 17.1 Å². The standard InChI is InChI=1S/C22H17FN4O3S/c23-16-6-8-17(9-7-16)27-14-24-13-18(27)20(28)25-10-11-26-21(29)19(31-22(26)30)12-15-4-2-1-3-5-15/h1-9,12-14H,10-11H2,(H,25,28)/b19-12-. The maximum Gasteiger partial charge on any atom is 0.293 e. The topological polar surface area (TPSA) is 84.3 Å². The number of hydrogen-bond acceptors (Lipinski definition) is 5. The number of imide groups is 1. The molecular formula is C22H17FN4O3S. The lowest BCUT2D eigenvalue weighted by Gasteiger charge is -2.13. The number of nitrogens with zero attached hydrogens (tertiary/aromatic N) is 3. The van der Waals surface area contributed by atoms with E-state index in [1.807, 2.05) is 30.3 Å². The number of imidazole rings is 1. The van der Waals surface area contributed by atoms with E-state index in [9.17, 15) is 18.8 Å². The third-order valence-corrected chi connectivity index (χ3v) is 5.48. The molecule has 156 valence electrons. The van der Waals surface area contributed by atoms with Crippen LogP contribution in [-0.4, -0.2) is 44.6 Å². The molecule has 3 amide bonds. The molecule has 0 unspecified atom stereocenters. The highest BCUT2D eigenvalue weighted by Gasteiger charge is 2.34. The van der Waals surface area contributed by atoms with Gasteiger partial charge in [-0.25, -0.2) is 9.37 Å². The van der Waals surface area contributed by atoms with Crippen LogP contribution in [0.3, 0.4) is 0 Å². The predicted octanol–water partition coefficient (Wildman–Crippen LogP) is 3.48. The van der Waals surface area contributed by atoms with Crippen LogP contribution >= 0.6 is 11.8 Å². The van der Waals surface area contributed by atoms with Gasteiger partial charge >= 0.3 is 0 Å². The van der Waals surface area contributed by atoms with Crippen molar-refractivity contribution in [2.75, 3.05) is 13.1 Å². The first-order valence-corrected chi connectivity index (χ1v) is 10.2. The van der Waals surface area contributed by atoms with Crippen molar-refractivity contribution in [3.05, 3.63) is 89.1 Å². The van der Waals surface area contributed by atoms with Crippen LogP contribution in [0.15, 0.2) is 72.0 Å². The van der Waals surface area contributed by atoms with E-state index >= 15 is 0 Å². The predicted molar refractivity (Wildman–Crippen MR) is 115 cm³/mol. The van der Waals surface area contributed by atoms with Crippen LogP contribution in [-0.2, 0) is 4.79 Å². The maximum atomic E-state index is 13.1. The molecule has 2 aromatic carbocycles. The van der Waals surface area contributed by atoms with Crippen molar-refractivity contribution in [1.29, 1.82) is 0 Å². The molecular weight excluding hydrogens is 419 g/mol. The summed E-state index contributed by atoms with van der Waals surface area (Å²) in [7, 11) is 0. The SMILES string of the molecule is O=C(NCCN1C(=O)S/C(=C\c2ccccc2)C1=O)c1cncn1-c1ccc(F)cc1. The lowest BCUT2D eigenvalue weighted by molar-refractivity contribution is -0.122. The number of amides is 3. The van der Waals surface area contributed by atoms with Gasteiger partial charge in [-0.3, -0.25) is 23.9 Å². The highest BCUT2D eigenvalue weighted by Crippen LogP contribution is 2.31. The first-order chi connectivity index (χ1) is 15.0. The largest absolute Gasteiger partial charge is 0.349 e. The smallest absolute Gasteiger partial charge is 0.293 e. The molecule has 0 bridgehead atoms. The number of nitrogens with one attached hydrogen (secondary N) is 1. The third-order valence-electron chi connectivity index (χ3n) is 4.57. The molecule has 1 aliphatic rings. The molecule has 0 aliphatic carbocycles. The van der Waals surface area contributed by atoms with E-state index in [1.165, 1.54) is 41.4 Å². The van der Waals surface area contributed by atoms with E-state index in [-0.39, 0.29) is 35.7 Å². The van der Waals surface area contributed by atoms with E-state index < -0.39 is 5.91 Å². The summed E-state index contributed by atoms with van der Waals surface area (Å²) in [5.74, 6) is -1.19. The zero-order valence-corrected chi connectivity index (χ0v) is 17.0. The zero-order chi connectivity index (χ0) is 21.8. The van der Waals surface area contributed by atoms with Crippen molar-refractivity contribution in [2.45, 2.75) is 0 Å². The number of carbonyl (C=O) groups excluding carboxylic acids is 3. The highest BCUT2D eigenvalue weighted by molar-refractivity contribution is 8.18. The van der Waals surface area contributed by atoms with Gasteiger partial charge in [0, 0.05) is 18.8 Å². The van der Waals surface area contributed by atoms with E-state index in [0.29, 0.717) is 10.6 Å². The van der Waals surface area contributed by atoms with Gasteiger partial charge in [-0.05, 0) is 47.7 Å². The van der Waals surface area contributed by atoms with Gasteiger partial charge in [-0.2, -0.15) is 0 Å². The highest BCUT2D eigenvalue weighted by atomic mass is 32.2. The van der Waals surface area contributed by atoms with Gasteiger partial charge < -0.3 is 5.32 Å². The number of carbonyl (C=O) groups is 3. The quantitative estimate of drug-likeness (QED) is 0.598. The Morgan fingerprint density at radius 2 is 1.84 bits per heavy atom. The number of hydrogen-bond donors (Lipinski definition) is 1. The second-order valence-corrected chi connectivity index (χ2v) is 7.62. The number of thioether (sulfide) groups is 1. The van der Waals surface area contributed by atoms with Crippen LogP contribution in [0.1, 0.15) is 16.1 Å². The molecule has 3 aromatic rings. The second kappa shape index (κ2) is 8.97. The molecule has 0 spiro atoms. The van der Waals surface area contributed by atoms with Gasteiger partial charge in [-0.1, -0.05) is 30.3 Å². The molecule has 9 heteroatoms. The molecule has 7 nitrogen and oxygen atoms in total. The normalized spacial score (nSPS) is 15.0. The monoisotopic (exact) mass is 436 g/mol. The summed E-state index contributed by atoms with van der Waals surface area (Å²) in [6.45, 7) is 0.136. The van der Waals surface area contributed by atoms with Crippen LogP contribution in [0.2, 0.25) is 0 Å². The molecule has 1 aromatic heterocycles. The number of benzene rings is 2. The average molecular weight is 436 g/mol. The second-order valence-electron chi connectivity index (χ2n) is 6.63. The minimum atomic E-state index is -0.423. The summed E-state index contributed by atoms with van der Waals surface area (Å²) in [4.78, 5) is 42.8. The minimum Gasteiger partial charge on any atom is -0.349 e. The number of halogens is 1. The summed E-state index contributed by atoms with van der Waals surface area (Å²) in [5, 5.41) is 2.31. The van der Waals surface area contributed by atoms with Crippen LogP contribution in [0.25, 0.3) is 11.8 Å². The summed E-state index contributed by atoms with van der Waals surface area (Å²) < 4.78 is 14.7. The van der Waals surface area contributed by atoms with Gasteiger partial charge in [-0.15, -0.1) is 0 Å². The Kier molecular flexibility index (Phi) is 5.94. The molecule has 1 saturated heterocycles. The van der Waals surface area contributed by atoms with Crippen LogP contribution in [0, 0.1) is 5.82 Å². The Morgan fingerprint density at radius 3 is 2.58 bits per heavy atom. The maximum absolute atomic E-state index is 13.1. The van der Waals surface area contributed by atoms with Crippen molar-refractivity contribution in [3.63, 3.8) is 0 Å². The molecule has 4 rings (SSSR count). The molecule has 0 saturated carbocycles. The first kappa shape index (κ1) is 20.5. The molecule has 1 N–H and O–H groups in total. The Hall–Kier alpha value is -3.72. The van der Waals surface area contributed by atoms with Crippen LogP contribution in [0.4, 0.5) is 9.18 Å². The van der Waals surface area contributed by atoms with Crippen molar-refractivity contribution in [3.8, 4) is 5.69 Å². The number of aromatic nitrogens is 2. The summed E-state index contributed by atoms with van der Waals surface area (Å²) in [5.41, 5.74) is 1.67. The van der Waals surface area contributed by atoms with Gasteiger partial charge in [0.2, 0.25) is 0 Å². The van der Waals surface area contributed by atoms with Crippen molar-refractivity contribution in [2.24, 2.45) is 0 Å². The molecule has 0 radical (unpaired) electrons. The van der Waals surface area contributed by atoms with Crippen molar-refractivity contribution in [1.82, 2.24) is 19.8 Å². The van der Waals surface area contributed by atoms with Crippen molar-refractivity contribution < 1.29 is 18.8 Å². The Bertz CT molecular complexity index is 1160. The lowest BCUT2D eigenvalue weighted by Crippen LogP contribution is -2.37. The lowest BCUT2D eigenvalue weighted by atomic mass is 10.2. The van der Waals surface area contributed by atoms with Crippen molar-refractivity contribution >= 4 is 34.9 Å².